The Morgan fingerprint density at radius 3 is 2.58 bits per heavy atom. The van der Waals surface area contributed by atoms with Crippen LogP contribution in [-0.4, -0.2) is 10.9 Å². The maximum absolute atomic E-state index is 11.8. The molecule has 19 heavy (non-hydrogen) atoms. The van der Waals surface area contributed by atoms with Gasteiger partial charge in [0.25, 0.3) is 0 Å². The Morgan fingerprint density at radius 1 is 1.32 bits per heavy atom. The standard InChI is InChI=1S/C14H15ClN2OS/c1-9-13(19-10(2)16-9)7-8-14(18)17-12-5-3-11(15)4-6-12/h3-6H,7-8H2,1-2H3,(H,17,18). The molecule has 0 fully saturated rings. The monoisotopic (exact) mass is 294 g/mol. The third-order valence-corrected chi connectivity index (χ3v) is 4.09. The van der Waals surface area contributed by atoms with Gasteiger partial charge in [0.2, 0.25) is 5.91 Å². The number of benzene rings is 1. The van der Waals surface area contributed by atoms with E-state index < -0.39 is 0 Å². The van der Waals surface area contributed by atoms with Gasteiger partial charge < -0.3 is 5.32 Å². The van der Waals surface area contributed by atoms with Gasteiger partial charge in [-0.15, -0.1) is 11.3 Å². The van der Waals surface area contributed by atoms with E-state index in [0.717, 1.165) is 22.8 Å². The normalized spacial score (nSPS) is 10.5. The fourth-order valence-corrected chi connectivity index (χ4v) is 2.85. The summed E-state index contributed by atoms with van der Waals surface area (Å²) >= 11 is 7.45. The third-order valence-electron chi connectivity index (χ3n) is 2.71. The Bertz CT molecular complexity index is 578. The molecule has 1 aromatic carbocycles. The Hall–Kier alpha value is -1.39. The fraction of sp³-hybridized carbons (Fsp3) is 0.286. The lowest BCUT2D eigenvalue weighted by atomic mass is 10.2. The van der Waals surface area contributed by atoms with Crippen LogP contribution in [0.4, 0.5) is 5.69 Å². The van der Waals surface area contributed by atoms with Crippen LogP contribution in [0.15, 0.2) is 24.3 Å². The molecule has 1 heterocycles. The van der Waals surface area contributed by atoms with E-state index in [2.05, 4.69) is 10.3 Å². The number of carbonyl (C=O) groups is 1. The summed E-state index contributed by atoms with van der Waals surface area (Å²) in [4.78, 5) is 17.4. The Kier molecular flexibility index (Phi) is 4.56. The van der Waals surface area contributed by atoms with Crippen molar-refractivity contribution in [2.75, 3.05) is 5.32 Å². The quantitative estimate of drug-likeness (QED) is 0.926. The van der Waals surface area contributed by atoms with Crippen LogP contribution >= 0.6 is 22.9 Å². The summed E-state index contributed by atoms with van der Waals surface area (Å²) in [5, 5.41) is 4.56. The molecule has 0 atom stereocenters. The molecule has 0 saturated carbocycles. The highest BCUT2D eigenvalue weighted by Crippen LogP contribution is 2.19. The van der Waals surface area contributed by atoms with Crippen LogP contribution < -0.4 is 5.32 Å². The first kappa shape index (κ1) is 14.0. The summed E-state index contributed by atoms with van der Waals surface area (Å²) in [6, 6.07) is 7.10. The van der Waals surface area contributed by atoms with Gasteiger partial charge in [0.1, 0.15) is 0 Å². The van der Waals surface area contributed by atoms with Gasteiger partial charge in [-0.3, -0.25) is 4.79 Å². The number of carbonyl (C=O) groups excluding carboxylic acids is 1. The number of nitrogens with one attached hydrogen (secondary N) is 1. The maximum Gasteiger partial charge on any atom is 0.224 e. The maximum atomic E-state index is 11.8. The van der Waals surface area contributed by atoms with Gasteiger partial charge in [-0.2, -0.15) is 0 Å². The molecule has 0 unspecified atom stereocenters. The third kappa shape index (κ3) is 4.04. The van der Waals surface area contributed by atoms with E-state index in [1.807, 2.05) is 13.8 Å². The van der Waals surface area contributed by atoms with Crippen LogP contribution in [-0.2, 0) is 11.2 Å². The van der Waals surface area contributed by atoms with Gasteiger partial charge in [0, 0.05) is 22.0 Å². The molecule has 1 N–H and O–H groups in total. The zero-order valence-corrected chi connectivity index (χ0v) is 12.4. The van der Waals surface area contributed by atoms with Crippen molar-refractivity contribution in [3.8, 4) is 0 Å². The molecule has 2 rings (SSSR count). The van der Waals surface area contributed by atoms with Crippen molar-refractivity contribution < 1.29 is 4.79 Å². The Labute approximate surface area is 121 Å². The van der Waals surface area contributed by atoms with E-state index in [0.29, 0.717) is 11.4 Å². The molecule has 0 aliphatic carbocycles. The minimum Gasteiger partial charge on any atom is -0.326 e. The van der Waals surface area contributed by atoms with Crippen LogP contribution in [0.1, 0.15) is 22.0 Å². The second kappa shape index (κ2) is 6.17. The predicted octanol–water partition coefficient (Wildman–Crippen LogP) is 3.98. The highest BCUT2D eigenvalue weighted by atomic mass is 35.5. The molecule has 0 saturated heterocycles. The van der Waals surface area contributed by atoms with Gasteiger partial charge in [-0.05, 0) is 44.5 Å². The topological polar surface area (TPSA) is 42.0 Å². The highest BCUT2D eigenvalue weighted by molar-refractivity contribution is 7.11. The molecular weight excluding hydrogens is 280 g/mol. The van der Waals surface area contributed by atoms with Crippen molar-refractivity contribution in [3.63, 3.8) is 0 Å². The van der Waals surface area contributed by atoms with Crippen LogP contribution in [0.5, 0.6) is 0 Å². The first-order valence-electron chi connectivity index (χ1n) is 6.03. The molecular formula is C14H15ClN2OS. The smallest absolute Gasteiger partial charge is 0.224 e. The summed E-state index contributed by atoms with van der Waals surface area (Å²) in [5.74, 6) is 0.00720. The van der Waals surface area contributed by atoms with Gasteiger partial charge >= 0.3 is 0 Å². The number of hydrogen-bond donors (Lipinski definition) is 1. The van der Waals surface area contributed by atoms with Crippen molar-refractivity contribution in [1.29, 1.82) is 0 Å². The lowest BCUT2D eigenvalue weighted by Crippen LogP contribution is -2.12. The number of nitrogens with zero attached hydrogens (tertiary/aromatic N) is 1. The highest BCUT2D eigenvalue weighted by Gasteiger charge is 2.08. The van der Waals surface area contributed by atoms with Gasteiger partial charge in [-0.1, -0.05) is 11.6 Å². The molecule has 3 nitrogen and oxygen atoms in total. The van der Waals surface area contributed by atoms with Gasteiger partial charge in [-0.25, -0.2) is 4.98 Å². The first-order chi connectivity index (χ1) is 9.04. The predicted molar refractivity (Wildman–Crippen MR) is 80.0 cm³/mol. The molecule has 0 aliphatic rings. The summed E-state index contributed by atoms with van der Waals surface area (Å²) in [6.45, 7) is 3.96. The zero-order valence-electron chi connectivity index (χ0n) is 10.9. The van der Waals surface area contributed by atoms with Crippen molar-refractivity contribution >= 4 is 34.5 Å². The number of thiazole rings is 1. The number of halogens is 1. The molecule has 5 heteroatoms. The fourth-order valence-electron chi connectivity index (χ4n) is 1.79. The number of aryl methyl sites for hydroxylation is 3. The van der Waals surface area contributed by atoms with E-state index >= 15 is 0 Å². The summed E-state index contributed by atoms with van der Waals surface area (Å²) < 4.78 is 0. The van der Waals surface area contributed by atoms with Gasteiger partial charge in [0.05, 0.1) is 10.7 Å². The van der Waals surface area contributed by atoms with Crippen LogP contribution in [0, 0.1) is 13.8 Å². The van der Waals surface area contributed by atoms with Crippen LogP contribution in [0.2, 0.25) is 5.02 Å². The molecule has 1 aromatic heterocycles. The van der Waals surface area contributed by atoms with E-state index in [1.165, 1.54) is 4.88 Å². The average molecular weight is 295 g/mol. The minimum atomic E-state index is 0.00720. The second-order valence-corrected chi connectivity index (χ2v) is 6.02. The van der Waals surface area contributed by atoms with E-state index in [1.54, 1.807) is 35.6 Å². The van der Waals surface area contributed by atoms with E-state index in [4.69, 9.17) is 11.6 Å². The molecule has 2 aromatic rings. The molecule has 1 amide bonds. The first-order valence-corrected chi connectivity index (χ1v) is 7.22. The lowest BCUT2D eigenvalue weighted by Gasteiger charge is -2.04. The summed E-state index contributed by atoms with van der Waals surface area (Å²) in [6.07, 6.45) is 1.20. The molecule has 0 aliphatic heterocycles. The van der Waals surface area contributed by atoms with E-state index in [9.17, 15) is 4.79 Å². The Balaban J connectivity index is 1.88. The zero-order chi connectivity index (χ0) is 13.8. The minimum absolute atomic E-state index is 0.00720. The molecule has 0 radical (unpaired) electrons. The summed E-state index contributed by atoms with van der Waals surface area (Å²) in [7, 11) is 0. The van der Waals surface area contributed by atoms with Crippen molar-refractivity contribution in [2.24, 2.45) is 0 Å². The Morgan fingerprint density at radius 2 is 2.00 bits per heavy atom. The number of anilines is 1. The second-order valence-electron chi connectivity index (χ2n) is 4.30. The van der Waals surface area contributed by atoms with Crippen LogP contribution in [0.25, 0.3) is 0 Å². The lowest BCUT2D eigenvalue weighted by molar-refractivity contribution is -0.116. The van der Waals surface area contributed by atoms with Crippen molar-refractivity contribution in [3.05, 3.63) is 44.9 Å². The van der Waals surface area contributed by atoms with Crippen LogP contribution in [0.3, 0.4) is 0 Å². The van der Waals surface area contributed by atoms with Crippen molar-refractivity contribution in [1.82, 2.24) is 4.98 Å². The van der Waals surface area contributed by atoms with Crippen molar-refractivity contribution in [2.45, 2.75) is 26.7 Å². The SMILES string of the molecule is Cc1nc(C)c(CCC(=O)Nc2ccc(Cl)cc2)s1. The molecule has 0 spiro atoms. The largest absolute Gasteiger partial charge is 0.326 e. The van der Waals surface area contributed by atoms with Gasteiger partial charge in [0.15, 0.2) is 0 Å². The number of amides is 1. The molecule has 100 valence electrons. The number of hydrogen-bond acceptors (Lipinski definition) is 3. The average Bonchev–Trinajstić information content (AvgIpc) is 2.68. The number of aromatic nitrogens is 1. The van der Waals surface area contributed by atoms with E-state index in [-0.39, 0.29) is 5.91 Å². The summed E-state index contributed by atoms with van der Waals surface area (Å²) in [5.41, 5.74) is 1.80. The number of rotatable bonds is 4. The molecule has 0 bridgehead atoms.